The van der Waals surface area contributed by atoms with Crippen LogP contribution in [-0.2, 0) is 14.5 Å². The van der Waals surface area contributed by atoms with Crippen molar-refractivity contribution < 1.29 is 8.95 Å². The van der Waals surface area contributed by atoms with E-state index in [0.717, 1.165) is 31.7 Å². The summed E-state index contributed by atoms with van der Waals surface area (Å²) in [6.07, 6.45) is 4.63. The summed E-state index contributed by atoms with van der Waals surface area (Å²) in [5.41, 5.74) is 2.79. The molecule has 154 valence electrons. The third-order valence-corrected chi connectivity index (χ3v) is 7.21. The summed E-state index contributed by atoms with van der Waals surface area (Å²) in [4.78, 5) is 9.91. The van der Waals surface area contributed by atoms with Crippen molar-refractivity contribution in [3.8, 4) is 0 Å². The van der Waals surface area contributed by atoms with Crippen LogP contribution in [0.2, 0.25) is 5.15 Å². The molecule has 1 saturated heterocycles. The third kappa shape index (κ3) is 3.84. The summed E-state index contributed by atoms with van der Waals surface area (Å²) in [7, 11) is -0.949. The molecule has 0 aliphatic carbocycles. The highest BCUT2D eigenvalue weighted by atomic mass is 35.5. The smallest absolute Gasteiger partial charge is 0.166 e. The molecule has 9 heteroatoms. The maximum Gasteiger partial charge on any atom is 0.166 e. The molecule has 0 radical (unpaired) electrons. The Morgan fingerprint density at radius 3 is 2.79 bits per heavy atom. The van der Waals surface area contributed by atoms with Crippen molar-refractivity contribution in [2.45, 2.75) is 37.3 Å². The van der Waals surface area contributed by atoms with Crippen LogP contribution < -0.4 is 5.32 Å². The normalized spacial score (nSPS) is 19.1. The largest absolute Gasteiger partial charge is 0.358 e. The minimum absolute atomic E-state index is 0.0897. The van der Waals surface area contributed by atoms with Crippen LogP contribution >= 0.6 is 11.6 Å². The topological polar surface area (TPSA) is 81.4 Å². The zero-order chi connectivity index (χ0) is 20.6. The van der Waals surface area contributed by atoms with Gasteiger partial charge in [0, 0.05) is 26.0 Å². The molecule has 0 amide bonds. The van der Waals surface area contributed by atoms with Crippen LogP contribution in [0.4, 0.5) is 11.4 Å². The predicted octanol–water partition coefficient (Wildman–Crippen LogP) is 4.92. The number of nitrogens with one attached hydrogen (secondary N) is 1. The van der Waals surface area contributed by atoms with Crippen LogP contribution in [0.3, 0.4) is 0 Å². The molecule has 1 fully saturated rings. The molecule has 1 aliphatic rings. The number of ether oxygens (including phenoxy) is 1. The Balaban J connectivity index is 1.84. The molecule has 1 aromatic carbocycles. The van der Waals surface area contributed by atoms with Gasteiger partial charge in [-0.25, -0.2) is 18.5 Å². The number of anilines is 2. The highest BCUT2D eigenvalue weighted by molar-refractivity contribution is 7.93. The monoisotopic (exact) mass is 433 g/mol. The summed E-state index contributed by atoms with van der Waals surface area (Å²) in [6.45, 7) is 2.67. The minimum Gasteiger partial charge on any atom is -0.358 e. The van der Waals surface area contributed by atoms with Gasteiger partial charge in [0.2, 0.25) is 0 Å². The standard InChI is InChI=1S/C20H24ClN5O2S/c1-13-23-19-15(24-14-8-4-5-9-16(14)29(3,27)22-2)12-17(21)25-20(19)26(13)18-10-6-7-11-28-18/h4-5,8-9,12,18H,6-7,10-11H2,1-3H3,(H,24,25). The Bertz CT molecular complexity index is 1180. The summed E-state index contributed by atoms with van der Waals surface area (Å²) in [6, 6.07) is 9.16. The lowest BCUT2D eigenvalue weighted by Gasteiger charge is -2.25. The van der Waals surface area contributed by atoms with Crippen molar-refractivity contribution in [1.82, 2.24) is 14.5 Å². The minimum atomic E-state index is -2.51. The van der Waals surface area contributed by atoms with E-state index < -0.39 is 9.73 Å². The molecule has 4 rings (SSSR count). The summed E-state index contributed by atoms with van der Waals surface area (Å²) in [5.74, 6) is 0.820. The molecule has 2 aromatic heterocycles. The Labute approximate surface area is 175 Å². The van der Waals surface area contributed by atoms with Gasteiger partial charge in [-0.1, -0.05) is 23.7 Å². The molecule has 0 spiro atoms. The quantitative estimate of drug-likeness (QED) is 0.590. The molecule has 2 unspecified atom stereocenters. The SMILES string of the molecule is CN=S(C)(=O)c1ccccc1Nc1cc(Cl)nc2c1nc(C)n2C1CCCCO1. The first-order chi connectivity index (χ1) is 13.9. The number of para-hydroxylation sites is 1. The summed E-state index contributed by atoms with van der Waals surface area (Å²) >= 11 is 6.36. The van der Waals surface area contributed by atoms with E-state index in [1.807, 2.05) is 35.8 Å². The van der Waals surface area contributed by atoms with Crippen molar-refractivity contribution in [1.29, 1.82) is 0 Å². The number of hydrogen-bond donors (Lipinski definition) is 1. The molecule has 29 heavy (non-hydrogen) atoms. The Morgan fingerprint density at radius 1 is 1.28 bits per heavy atom. The number of pyridine rings is 1. The fourth-order valence-electron chi connectivity index (χ4n) is 3.65. The molecule has 7 nitrogen and oxygen atoms in total. The van der Waals surface area contributed by atoms with Gasteiger partial charge in [0.1, 0.15) is 22.7 Å². The van der Waals surface area contributed by atoms with Crippen molar-refractivity contribution in [3.05, 3.63) is 41.3 Å². The summed E-state index contributed by atoms with van der Waals surface area (Å²) < 4.78 is 24.9. The molecule has 1 aliphatic heterocycles. The number of aromatic nitrogens is 3. The first-order valence-corrected chi connectivity index (χ1v) is 11.8. The number of imidazole rings is 1. The maximum absolute atomic E-state index is 12.9. The van der Waals surface area contributed by atoms with Crippen molar-refractivity contribution >= 4 is 43.9 Å². The molecule has 3 heterocycles. The lowest BCUT2D eigenvalue weighted by molar-refractivity contribution is -0.0309. The van der Waals surface area contributed by atoms with Gasteiger partial charge in [-0.05, 0) is 38.3 Å². The van der Waals surface area contributed by atoms with Gasteiger partial charge >= 0.3 is 0 Å². The first kappa shape index (κ1) is 20.1. The van der Waals surface area contributed by atoms with E-state index in [9.17, 15) is 4.21 Å². The molecular formula is C20H24ClN5O2S. The Hall–Kier alpha value is -2.16. The second-order valence-electron chi connectivity index (χ2n) is 7.12. The molecule has 1 N–H and O–H groups in total. The van der Waals surface area contributed by atoms with E-state index in [4.69, 9.17) is 21.3 Å². The number of nitrogens with zero attached hydrogens (tertiary/aromatic N) is 4. The van der Waals surface area contributed by atoms with Crippen molar-refractivity contribution in [3.63, 3.8) is 0 Å². The summed E-state index contributed by atoms with van der Waals surface area (Å²) in [5, 5.41) is 3.71. The van der Waals surface area contributed by atoms with Crippen LogP contribution in [0.5, 0.6) is 0 Å². The van der Waals surface area contributed by atoms with Crippen LogP contribution in [0.25, 0.3) is 11.2 Å². The second-order valence-corrected chi connectivity index (χ2v) is 9.92. The van der Waals surface area contributed by atoms with Crippen LogP contribution in [0, 0.1) is 6.92 Å². The van der Waals surface area contributed by atoms with Gasteiger partial charge < -0.3 is 10.1 Å². The molecule has 3 aromatic rings. The van der Waals surface area contributed by atoms with Gasteiger partial charge in [0.15, 0.2) is 5.65 Å². The second kappa shape index (κ2) is 7.93. The van der Waals surface area contributed by atoms with Gasteiger partial charge in [0.05, 0.1) is 26.0 Å². The number of fused-ring (bicyclic) bond motifs is 1. The van der Waals surface area contributed by atoms with Crippen LogP contribution in [0.15, 0.2) is 39.6 Å². The number of hydrogen-bond acceptors (Lipinski definition) is 6. The number of rotatable bonds is 4. The molecule has 0 saturated carbocycles. The van der Waals surface area contributed by atoms with Crippen LogP contribution in [0.1, 0.15) is 31.3 Å². The lowest BCUT2D eigenvalue weighted by atomic mass is 10.2. The zero-order valence-corrected chi connectivity index (χ0v) is 18.3. The highest BCUT2D eigenvalue weighted by Gasteiger charge is 2.23. The van der Waals surface area contributed by atoms with Crippen LogP contribution in [-0.4, -0.2) is 38.7 Å². The fraction of sp³-hybridized carbons (Fsp3) is 0.400. The lowest BCUT2D eigenvalue weighted by Crippen LogP contribution is -2.19. The number of aryl methyl sites for hydroxylation is 1. The number of halogens is 1. The Kier molecular flexibility index (Phi) is 5.50. The van der Waals surface area contributed by atoms with E-state index in [-0.39, 0.29) is 6.23 Å². The zero-order valence-electron chi connectivity index (χ0n) is 16.7. The van der Waals surface area contributed by atoms with Gasteiger partial charge in [-0.3, -0.25) is 4.57 Å². The van der Waals surface area contributed by atoms with E-state index in [0.29, 0.717) is 32.6 Å². The molecular weight excluding hydrogens is 410 g/mol. The van der Waals surface area contributed by atoms with E-state index >= 15 is 0 Å². The van der Waals surface area contributed by atoms with Crippen molar-refractivity contribution in [2.75, 3.05) is 25.2 Å². The predicted molar refractivity (Wildman–Crippen MR) is 117 cm³/mol. The molecule has 2 atom stereocenters. The van der Waals surface area contributed by atoms with Gasteiger partial charge in [0.25, 0.3) is 0 Å². The van der Waals surface area contributed by atoms with Gasteiger partial charge in [-0.15, -0.1) is 0 Å². The Morgan fingerprint density at radius 2 is 2.07 bits per heavy atom. The highest BCUT2D eigenvalue weighted by Crippen LogP contribution is 2.34. The van der Waals surface area contributed by atoms with Gasteiger partial charge in [-0.2, -0.15) is 0 Å². The molecule has 0 bridgehead atoms. The number of benzene rings is 1. The average Bonchev–Trinajstić information content (AvgIpc) is 3.05. The van der Waals surface area contributed by atoms with E-state index in [1.54, 1.807) is 19.4 Å². The first-order valence-electron chi connectivity index (χ1n) is 9.53. The third-order valence-electron chi connectivity index (χ3n) is 5.15. The average molecular weight is 434 g/mol. The maximum atomic E-state index is 12.9. The van der Waals surface area contributed by atoms with E-state index in [2.05, 4.69) is 14.7 Å². The fourth-order valence-corrected chi connectivity index (χ4v) is 4.90. The van der Waals surface area contributed by atoms with E-state index in [1.165, 1.54) is 0 Å². The van der Waals surface area contributed by atoms with Crippen molar-refractivity contribution in [2.24, 2.45) is 4.36 Å².